The molecule has 0 saturated carbocycles. The molecule has 0 N–H and O–H groups in total. The van der Waals surface area contributed by atoms with Crippen LogP contribution in [0, 0.1) is 6.92 Å². The van der Waals surface area contributed by atoms with E-state index in [1.54, 1.807) is 4.57 Å². The summed E-state index contributed by atoms with van der Waals surface area (Å²) in [7, 11) is 0. The highest BCUT2D eigenvalue weighted by molar-refractivity contribution is 6.05. The highest BCUT2D eigenvalue weighted by Crippen LogP contribution is 2.30. The lowest BCUT2D eigenvalue weighted by atomic mass is 9.99. The van der Waals surface area contributed by atoms with Gasteiger partial charge in [-0.3, -0.25) is 13.9 Å². The van der Waals surface area contributed by atoms with E-state index in [1.807, 2.05) is 35.8 Å². The third-order valence-electron chi connectivity index (χ3n) is 6.85. The standard InChI is InChI=1S/C27H29N5O/c1-6-16(3)19-12-14-20(15-13-19)32-25-23(27(33)31(17(4)7-2)18(5)28-25)24-26(32)30-22-11-9-8-10-21(22)29-24/h8-17H,6-7H2,1-5H3/t16-,17-/m1/s1. The van der Waals surface area contributed by atoms with Crippen LogP contribution in [0.15, 0.2) is 53.3 Å². The maximum Gasteiger partial charge on any atom is 0.265 e. The molecule has 2 aromatic carbocycles. The monoisotopic (exact) mass is 439 g/mol. The highest BCUT2D eigenvalue weighted by Gasteiger charge is 2.23. The summed E-state index contributed by atoms with van der Waals surface area (Å²) in [4.78, 5) is 28.5. The van der Waals surface area contributed by atoms with Crippen LogP contribution >= 0.6 is 0 Å². The predicted molar refractivity (Wildman–Crippen MR) is 134 cm³/mol. The molecule has 6 heteroatoms. The van der Waals surface area contributed by atoms with Crippen LogP contribution in [-0.2, 0) is 0 Å². The van der Waals surface area contributed by atoms with E-state index in [-0.39, 0.29) is 11.6 Å². The molecule has 168 valence electrons. The van der Waals surface area contributed by atoms with Gasteiger partial charge in [0, 0.05) is 11.7 Å². The number of rotatable bonds is 5. The number of aromatic nitrogens is 5. The van der Waals surface area contributed by atoms with Crippen LogP contribution in [0.3, 0.4) is 0 Å². The van der Waals surface area contributed by atoms with Gasteiger partial charge >= 0.3 is 0 Å². The first kappa shape index (κ1) is 21.3. The molecule has 0 radical (unpaired) electrons. The number of hydrogen-bond acceptors (Lipinski definition) is 4. The van der Waals surface area contributed by atoms with E-state index in [1.165, 1.54) is 5.56 Å². The Morgan fingerprint density at radius 3 is 2.15 bits per heavy atom. The lowest BCUT2D eigenvalue weighted by molar-refractivity contribution is 0.497. The summed E-state index contributed by atoms with van der Waals surface area (Å²) in [6.45, 7) is 10.5. The quantitative estimate of drug-likeness (QED) is 0.333. The normalized spacial score (nSPS) is 13.7. The summed E-state index contributed by atoms with van der Waals surface area (Å²) in [5.74, 6) is 1.19. The van der Waals surface area contributed by atoms with Crippen molar-refractivity contribution < 1.29 is 0 Å². The summed E-state index contributed by atoms with van der Waals surface area (Å²) >= 11 is 0. The number of hydrogen-bond donors (Lipinski definition) is 0. The van der Waals surface area contributed by atoms with E-state index in [9.17, 15) is 4.79 Å². The third kappa shape index (κ3) is 3.32. The van der Waals surface area contributed by atoms with Crippen LogP contribution in [-0.4, -0.2) is 24.1 Å². The molecule has 0 amide bonds. The van der Waals surface area contributed by atoms with E-state index in [0.29, 0.717) is 33.9 Å². The largest absolute Gasteiger partial charge is 0.293 e. The summed E-state index contributed by atoms with van der Waals surface area (Å²) in [6.07, 6.45) is 1.93. The van der Waals surface area contributed by atoms with Crippen LogP contribution in [0.5, 0.6) is 0 Å². The molecule has 3 aromatic heterocycles. The van der Waals surface area contributed by atoms with E-state index in [4.69, 9.17) is 15.0 Å². The van der Waals surface area contributed by atoms with E-state index in [2.05, 4.69) is 52.0 Å². The second-order valence-electron chi connectivity index (χ2n) is 8.91. The third-order valence-corrected chi connectivity index (χ3v) is 6.85. The van der Waals surface area contributed by atoms with Gasteiger partial charge in [-0.1, -0.05) is 45.0 Å². The van der Waals surface area contributed by atoms with E-state index < -0.39 is 0 Å². The van der Waals surface area contributed by atoms with Crippen molar-refractivity contribution in [1.29, 1.82) is 0 Å². The maximum absolute atomic E-state index is 13.8. The van der Waals surface area contributed by atoms with E-state index in [0.717, 1.165) is 29.6 Å². The molecule has 0 bridgehead atoms. The van der Waals surface area contributed by atoms with Crippen molar-refractivity contribution in [2.45, 2.75) is 59.4 Å². The molecule has 0 spiro atoms. The number of aryl methyl sites for hydroxylation is 1. The summed E-state index contributed by atoms with van der Waals surface area (Å²) < 4.78 is 3.77. The Hall–Kier alpha value is -3.54. The molecule has 6 nitrogen and oxygen atoms in total. The minimum atomic E-state index is -0.0589. The van der Waals surface area contributed by atoms with E-state index >= 15 is 0 Å². The van der Waals surface area contributed by atoms with Gasteiger partial charge in [-0.05, 0) is 62.4 Å². The molecule has 5 aromatic rings. The smallest absolute Gasteiger partial charge is 0.265 e. The number of nitrogens with zero attached hydrogens (tertiary/aromatic N) is 5. The molecule has 0 unspecified atom stereocenters. The van der Waals surface area contributed by atoms with Gasteiger partial charge in [0.2, 0.25) is 0 Å². The Bertz CT molecular complexity index is 1550. The number of para-hydroxylation sites is 2. The van der Waals surface area contributed by atoms with Gasteiger partial charge in [-0.25, -0.2) is 15.0 Å². The Balaban J connectivity index is 1.91. The molecule has 0 aliphatic rings. The molecule has 0 saturated heterocycles. The van der Waals surface area contributed by atoms with Gasteiger partial charge in [0.1, 0.15) is 16.7 Å². The molecule has 0 aliphatic heterocycles. The molecule has 0 aliphatic carbocycles. The molecular weight excluding hydrogens is 410 g/mol. The zero-order chi connectivity index (χ0) is 23.3. The van der Waals surface area contributed by atoms with Crippen molar-refractivity contribution in [2.24, 2.45) is 0 Å². The average molecular weight is 440 g/mol. The van der Waals surface area contributed by atoms with Crippen molar-refractivity contribution in [3.63, 3.8) is 0 Å². The van der Waals surface area contributed by atoms with Crippen molar-refractivity contribution in [3.8, 4) is 5.69 Å². The SMILES string of the molecule is CC[C@@H](C)c1ccc(-n2c3nc4ccccc4nc3c3c(=O)n([C@H](C)CC)c(C)nc32)cc1. The van der Waals surface area contributed by atoms with Crippen molar-refractivity contribution in [1.82, 2.24) is 24.1 Å². The maximum atomic E-state index is 13.8. The van der Waals surface area contributed by atoms with Crippen LogP contribution in [0.2, 0.25) is 0 Å². The molecular formula is C27H29N5O. The fourth-order valence-corrected chi connectivity index (χ4v) is 4.54. The van der Waals surface area contributed by atoms with Crippen molar-refractivity contribution in [2.75, 3.05) is 0 Å². The fourth-order valence-electron chi connectivity index (χ4n) is 4.54. The first-order valence-electron chi connectivity index (χ1n) is 11.7. The average Bonchev–Trinajstić information content (AvgIpc) is 3.14. The van der Waals surface area contributed by atoms with Crippen LogP contribution in [0.25, 0.3) is 38.9 Å². The molecule has 33 heavy (non-hydrogen) atoms. The second-order valence-corrected chi connectivity index (χ2v) is 8.91. The lowest BCUT2D eigenvalue weighted by Gasteiger charge is -2.16. The second kappa shape index (κ2) is 8.10. The Labute approximate surface area is 192 Å². The van der Waals surface area contributed by atoms with Crippen LogP contribution < -0.4 is 5.56 Å². The summed E-state index contributed by atoms with van der Waals surface area (Å²) in [5, 5.41) is 0.528. The first-order valence-corrected chi connectivity index (χ1v) is 11.7. The van der Waals surface area contributed by atoms with Gasteiger partial charge in [0.25, 0.3) is 5.56 Å². The topological polar surface area (TPSA) is 65.6 Å². The van der Waals surface area contributed by atoms with Gasteiger partial charge in [-0.2, -0.15) is 0 Å². The van der Waals surface area contributed by atoms with Gasteiger partial charge in [-0.15, -0.1) is 0 Å². The van der Waals surface area contributed by atoms with Gasteiger partial charge < -0.3 is 0 Å². The molecule has 5 rings (SSSR count). The number of benzene rings is 2. The van der Waals surface area contributed by atoms with Crippen molar-refractivity contribution in [3.05, 3.63) is 70.3 Å². The number of fused-ring (bicyclic) bond motifs is 4. The zero-order valence-corrected chi connectivity index (χ0v) is 19.8. The fraction of sp³-hybridized carbons (Fsp3) is 0.333. The molecule has 0 fully saturated rings. The summed E-state index contributed by atoms with van der Waals surface area (Å²) in [5.41, 5.74) is 5.60. The Morgan fingerprint density at radius 2 is 1.52 bits per heavy atom. The minimum absolute atomic E-state index is 0.0519. The van der Waals surface area contributed by atoms with Gasteiger partial charge in [0.05, 0.1) is 11.0 Å². The van der Waals surface area contributed by atoms with Crippen LogP contribution in [0.4, 0.5) is 0 Å². The highest BCUT2D eigenvalue weighted by atomic mass is 16.1. The molecule has 3 heterocycles. The predicted octanol–water partition coefficient (Wildman–Crippen LogP) is 6.08. The summed E-state index contributed by atoms with van der Waals surface area (Å²) in [6, 6.07) is 16.3. The Morgan fingerprint density at radius 1 is 0.848 bits per heavy atom. The van der Waals surface area contributed by atoms with Gasteiger partial charge in [0.15, 0.2) is 11.3 Å². The lowest BCUT2D eigenvalue weighted by Crippen LogP contribution is -2.26. The molecule has 2 atom stereocenters. The minimum Gasteiger partial charge on any atom is -0.293 e. The Kier molecular flexibility index (Phi) is 5.23. The zero-order valence-electron chi connectivity index (χ0n) is 19.8. The van der Waals surface area contributed by atoms with Crippen molar-refractivity contribution >= 4 is 33.2 Å². The van der Waals surface area contributed by atoms with Crippen LogP contribution in [0.1, 0.15) is 63.9 Å². The first-order chi connectivity index (χ1) is 15.9.